The van der Waals surface area contributed by atoms with Gasteiger partial charge in [0.05, 0.1) is 12.6 Å². The van der Waals surface area contributed by atoms with Crippen molar-refractivity contribution in [3.8, 4) is 11.5 Å². The topological polar surface area (TPSA) is 13.7 Å². The van der Waals surface area contributed by atoms with Crippen LogP contribution in [0, 0.1) is 5.92 Å². The highest BCUT2D eigenvalue weighted by Gasteiger charge is 2.36. The molecule has 1 unspecified atom stereocenters. The number of rotatable bonds is 4. The molecule has 0 aromatic heterocycles. The van der Waals surface area contributed by atoms with Crippen molar-refractivity contribution in [1.29, 1.82) is 0 Å². The monoisotopic (exact) mass is 322 g/mol. The maximum absolute atomic E-state index is 6.01. The molecule has 2 aromatic carbocycles. The SMILES string of the molecule is c1ccc(Oc2cccc(C[NH+]3CCC[C@H]4CCCC[C@H]43)c2)cc1. The number of ether oxygens (including phenoxy) is 1. The first-order valence-corrected chi connectivity index (χ1v) is 9.55. The Morgan fingerprint density at radius 2 is 1.62 bits per heavy atom. The molecule has 2 aromatic rings. The van der Waals surface area contributed by atoms with Crippen LogP contribution in [0.25, 0.3) is 0 Å². The fourth-order valence-electron chi connectivity index (χ4n) is 4.69. The normalized spacial score (nSPS) is 26.6. The van der Waals surface area contributed by atoms with Gasteiger partial charge in [-0.05, 0) is 56.4 Å². The van der Waals surface area contributed by atoms with Crippen LogP contribution in [0.5, 0.6) is 11.5 Å². The van der Waals surface area contributed by atoms with Crippen LogP contribution in [-0.4, -0.2) is 12.6 Å². The lowest BCUT2D eigenvalue weighted by atomic mass is 9.78. The maximum Gasteiger partial charge on any atom is 0.127 e. The molecule has 1 aliphatic carbocycles. The summed E-state index contributed by atoms with van der Waals surface area (Å²) in [5, 5.41) is 0. The van der Waals surface area contributed by atoms with E-state index in [4.69, 9.17) is 4.74 Å². The number of nitrogens with one attached hydrogen (secondary N) is 1. The Hall–Kier alpha value is -1.80. The van der Waals surface area contributed by atoms with Crippen LogP contribution in [0.4, 0.5) is 0 Å². The molecular weight excluding hydrogens is 294 g/mol. The average Bonchev–Trinajstić information content (AvgIpc) is 2.63. The van der Waals surface area contributed by atoms with Gasteiger partial charge in [-0.15, -0.1) is 0 Å². The highest BCUT2D eigenvalue weighted by atomic mass is 16.5. The second kappa shape index (κ2) is 7.40. The van der Waals surface area contributed by atoms with Gasteiger partial charge in [-0.2, -0.15) is 0 Å². The predicted octanol–water partition coefficient (Wildman–Crippen LogP) is 4.22. The molecular formula is C22H28NO+. The van der Waals surface area contributed by atoms with Crippen molar-refractivity contribution in [2.24, 2.45) is 5.92 Å². The van der Waals surface area contributed by atoms with E-state index in [-0.39, 0.29) is 0 Å². The van der Waals surface area contributed by atoms with Gasteiger partial charge in [0.25, 0.3) is 0 Å². The summed E-state index contributed by atoms with van der Waals surface area (Å²) in [7, 11) is 0. The van der Waals surface area contributed by atoms with Crippen LogP contribution in [-0.2, 0) is 6.54 Å². The third kappa shape index (κ3) is 3.64. The third-order valence-corrected chi connectivity index (χ3v) is 5.81. The molecule has 0 radical (unpaired) electrons. The van der Waals surface area contributed by atoms with Crippen LogP contribution >= 0.6 is 0 Å². The van der Waals surface area contributed by atoms with E-state index in [1.807, 2.05) is 35.2 Å². The first-order chi connectivity index (χ1) is 11.9. The Morgan fingerprint density at radius 1 is 0.833 bits per heavy atom. The molecule has 1 aliphatic heterocycles. The van der Waals surface area contributed by atoms with Gasteiger partial charge in [0, 0.05) is 11.5 Å². The lowest BCUT2D eigenvalue weighted by Gasteiger charge is -2.41. The van der Waals surface area contributed by atoms with E-state index >= 15 is 0 Å². The van der Waals surface area contributed by atoms with Crippen LogP contribution in [0.1, 0.15) is 44.1 Å². The van der Waals surface area contributed by atoms with Gasteiger partial charge in [-0.25, -0.2) is 0 Å². The number of hydrogen-bond donors (Lipinski definition) is 1. The Balaban J connectivity index is 1.45. The molecule has 4 rings (SSSR count). The van der Waals surface area contributed by atoms with Gasteiger partial charge < -0.3 is 9.64 Å². The molecule has 24 heavy (non-hydrogen) atoms. The van der Waals surface area contributed by atoms with Crippen molar-refractivity contribution in [3.05, 3.63) is 60.2 Å². The molecule has 2 fully saturated rings. The molecule has 2 aliphatic rings. The molecule has 3 atom stereocenters. The summed E-state index contributed by atoms with van der Waals surface area (Å²) >= 11 is 0. The average molecular weight is 322 g/mol. The fraction of sp³-hybridized carbons (Fsp3) is 0.455. The first kappa shape index (κ1) is 15.7. The van der Waals surface area contributed by atoms with Gasteiger partial charge in [0.2, 0.25) is 0 Å². The summed E-state index contributed by atoms with van der Waals surface area (Å²) in [5.41, 5.74) is 1.41. The zero-order valence-electron chi connectivity index (χ0n) is 14.4. The zero-order chi connectivity index (χ0) is 16.2. The fourth-order valence-corrected chi connectivity index (χ4v) is 4.69. The maximum atomic E-state index is 6.01. The van der Waals surface area contributed by atoms with Crippen molar-refractivity contribution in [1.82, 2.24) is 0 Å². The zero-order valence-corrected chi connectivity index (χ0v) is 14.4. The van der Waals surface area contributed by atoms with Crippen molar-refractivity contribution in [2.45, 2.75) is 51.1 Å². The summed E-state index contributed by atoms with van der Waals surface area (Å²) in [6.45, 7) is 2.48. The van der Waals surface area contributed by atoms with Crippen LogP contribution in [0.3, 0.4) is 0 Å². The summed E-state index contributed by atoms with van der Waals surface area (Å²) in [6, 6.07) is 19.6. The standard InChI is InChI=1S/C22H27NO/c1-2-11-20(12-3-1)24-21-13-6-8-18(16-21)17-23-15-7-10-19-9-4-5-14-22(19)23/h1-3,6,8,11-13,16,19,22H,4-5,7,9-10,14-15,17H2/p+1/t19-,22-/m1/s1. The van der Waals surface area contributed by atoms with Gasteiger partial charge >= 0.3 is 0 Å². The number of piperidine rings is 1. The number of likely N-dealkylation sites (tertiary alicyclic amines) is 1. The Kier molecular flexibility index (Phi) is 4.84. The molecule has 0 spiro atoms. The lowest BCUT2D eigenvalue weighted by molar-refractivity contribution is -0.949. The number of quaternary nitrogens is 1. The summed E-state index contributed by atoms with van der Waals surface area (Å²) in [5.74, 6) is 2.84. The lowest BCUT2D eigenvalue weighted by Crippen LogP contribution is -3.16. The van der Waals surface area contributed by atoms with Crippen molar-refractivity contribution in [3.63, 3.8) is 0 Å². The van der Waals surface area contributed by atoms with E-state index in [0.717, 1.165) is 30.0 Å². The minimum Gasteiger partial charge on any atom is -0.457 e. The van der Waals surface area contributed by atoms with Gasteiger partial charge in [0.1, 0.15) is 18.0 Å². The van der Waals surface area contributed by atoms with E-state index < -0.39 is 0 Å². The number of hydrogen-bond acceptors (Lipinski definition) is 1. The Morgan fingerprint density at radius 3 is 2.54 bits per heavy atom. The second-order valence-corrected chi connectivity index (χ2v) is 7.44. The highest BCUT2D eigenvalue weighted by molar-refractivity contribution is 5.33. The largest absolute Gasteiger partial charge is 0.457 e. The molecule has 2 nitrogen and oxygen atoms in total. The van der Waals surface area contributed by atoms with E-state index in [2.05, 4.69) is 24.3 Å². The molecule has 1 saturated heterocycles. The molecule has 126 valence electrons. The van der Waals surface area contributed by atoms with Crippen molar-refractivity contribution >= 4 is 0 Å². The highest BCUT2D eigenvalue weighted by Crippen LogP contribution is 2.29. The van der Waals surface area contributed by atoms with Crippen molar-refractivity contribution < 1.29 is 9.64 Å². The van der Waals surface area contributed by atoms with E-state index in [0.29, 0.717) is 0 Å². The molecule has 1 saturated carbocycles. The Bertz CT molecular complexity index is 652. The quantitative estimate of drug-likeness (QED) is 0.890. The molecule has 1 heterocycles. The smallest absolute Gasteiger partial charge is 0.127 e. The van der Waals surface area contributed by atoms with Crippen LogP contribution < -0.4 is 9.64 Å². The molecule has 2 heteroatoms. The minimum absolute atomic E-state index is 0.895. The van der Waals surface area contributed by atoms with E-state index in [9.17, 15) is 0 Å². The predicted molar refractivity (Wildman–Crippen MR) is 97.5 cm³/mol. The number of benzene rings is 2. The van der Waals surface area contributed by atoms with E-state index in [1.54, 1.807) is 0 Å². The van der Waals surface area contributed by atoms with Gasteiger partial charge in [-0.3, -0.25) is 0 Å². The second-order valence-electron chi connectivity index (χ2n) is 7.44. The third-order valence-electron chi connectivity index (χ3n) is 5.81. The van der Waals surface area contributed by atoms with Crippen LogP contribution in [0.15, 0.2) is 54.6 Å². The van der Waals surface area contributed by atoms with Crippen molar-refractivity contribution in [2.75, 3.05) is 6.54 Å². The van der Waals surface area contributed by atoms with Gasteiger partial charge in [0.15, 0.2) is 0 Å². The summed E-state index contributed by atoms with van der Waals surface area (Å²) in [4.78, 5) is 1.81. The van der Waals surface area contributed by atoms with Gasteiger partial charge in [-0.1, -0.05) is 36.8 Å². The Labute approximate surface area is 145 Å². The number of para-hydroxylation sites is 1. The first-order valence-electron chi connectivity index (χ1n) is 9.55. The summed E-state index contributed by atoms with van der Waals surface area (Å²) < 4.78 is 6.01. The molecule has 0 amide bonds. The van der Waals surface area contributed by atoms with Crippen LogP contribution in [0.2, 0.25) is 0 Å². The minimum atomic E-state index is 0.895. The number of fused-ring (bicyclic) bond motifs is 1. The molecule has 1 N–H and O–H groups in total. The van der Waals surface area contributed by atoms with E-state index in [1.165, 1.54) is 50.6 Å². The molecule has 0 bridgehead atoms. The summed E-state index contributed by atoms with van der Waals surface area (Å²) in [6.07, 6.45) is 8.64.